The van der Waals surface area contributed by atoms with Crippen molar-refractivity contribution in [1.82, 2.24) is 57.3 Å². The van der Waals surface area contributed by atoms with Gasteiger partial charge in [0.15, 0.2) is 0 Å². The molecule has 0 saturated heterocycles. The first-order valence-electron chi connectivity index (χ1n) is 39.9. The smallest absolute Gasteiger partial charge is 0.269 e. The number of benzene rings is 6. The average molecular weight is 1600 g/mol. The third kappa shape index (κ3) is 12.6. The molecule has 6 aliphatic carbocycles. The predicted molar refractivity (Wildman–Crippen MR) is 437 cm³/mol. The molecule has 6 aliphatic heterocycles. The van der Waals surface area contributed by atoms with Gasteiger partial charge < -0.3 is 41.6 Å². The highest BCUT2D eigenvalue weighted by Gasteiger charge is 2.51. The lowest BCUT2D eigenvalue weighted by atomic mass is 9.76. The van der Waals surface area contributed by atoms with Crippen molar-refractivity contribution < 1.29 is 23.5 Å². The number of hydrogen-bond acceptors (Lipinski definition) is 18. The molecule has 22 nitrogen and oxygen atoms in total. The molecule has 6 aromatic heterocycles. The number of aromatic nitrogens is 12. The maximum absolute atomic E-state index is 13.3. The van der Waals surface area contributed by atoms with Crippen molar-refractivity contribution in [1.29, 1.82) is 21.0 Å². The van der Waals surface area contributed by atoms with Gasteiger partial charge in [0.25, 0.3) is 5.69 Å². The number of nitro groups is 1. The Morgan fingerprint density at radius 2 is 0.672 bits per heavy atom. The van der Waals surface area contributed by atoms with Crippen molar-refractivity contribution in [2.24, 2.45) is 0 Å². The van der Waals surface area contributed by atoms with Crippen LogP contribution in [-0.2, 0) is 123 Å². The summed E-state index contributed by atoms with van der Waals surface area (Å²) in [6.45, 7) is 7.72. The van der Waals surface area contributed by atoms with Gasteiger partial charge in [-0.25, -0.2) is 34.3 Å². The zero-order valence-corrected chi connectivity index (χ0v) is 66.4. The molecule has 6 atom stereocenters. The van der Waals surface area contributed by atoms with Gasteiger partial charge in [-0.05, 0) is 223 Å². The summed E-state index contributed by atoms with van der Waals surface area (Å²) in [6.07, 6.45) is 37.3. The van der Waals surface area contributed by atoms with Crippen LogP contribution in [0.4, 0.5) is 10.1 Å². The molecule has 6 aromatic carbocycles. The van der Waals surface area contributed by atoms with E-state index in [9.17, 15) is 14.5 Å². The molecule has 12 aromatic rings. The third-order valence-corrected chi connectivity index (χ3v) is 30.2. The number of hydrogen-bond donors (Lipinski definition) is 0. The van der Waals surface area contributed by atoms with Gasteiger partial charge in [0.1, 0.15) is 22.6 Å². The van der Waals surface area contributed by atoms with Crippen LogP contribution in [0.2, 0.25) is 0 Å². The minimum absolute atomic E-state index is 0.0117. The highest BCUT2D eigenvalue weighted by Crippen LogP contribution is 2.57. The molecule has 24 rings (SSSR count). The van der Waals surface area contributed by atoms with E-state index < -0.39 is 5.60 Å². The average Bonchev–Trinajstić information content (AvgIpc) is 1.31. The van der Waals surface area contributed by atoms with E-state index in [2.05, 4.69) is 112 Å². The molecule has 0 fully saturated rings. The van der Waals surface area contributed by atoms with Gasteiger partial charge in [0.2, 0.25) is 0 Å². The summed E-state index contributed by atoms with van der Waals surface area (Å²) in [5, 5.41) is 47.1. The number of aryl methyl sites for hydroxylation is 9. The van der Waals surface area contributed by atoms with Gasteiger partial charge in [-0.3, -0.25) is 10.1 Å². The molecule has 12 heterocycles. The fourth-order valence-electron chi connectivity index (χ4n) is 20.5. The minimum Gasteiger partial charge on any atom is -0.362 e. The molecular formula is C90H82FN17O5S3. The van der Waals surface area contributed by atoms with E-state index in [4.69, 9.17) is 35.3 Å². The van der Waals surface area contributed by atoms with Gasteiger partial charge in [-0.2, -0.15) is 21.0 Å². The van der Waals surface area contributed by atoms with E-state index in [0.717, 1.165) is 190 Å². The van der Waals surface area contributed by atoms with Crippen LogP contribution >= 0.6 is 35.3 Å². The third-order valence-electron chi connectivity index (χ3n) is 25.7. The lowest BCUT2D eigenvalue weighted by Gasteiger charge is -2.42. The van der Waals surface area contributed by atoms with Crippen LogP contribution in [0.15, 0.2) is 184 Å². The number of fused-ring (bicyclic) bond motifs is 24. The second kappa shape index (κ2) is 30.5. The van der Waals surface area contributed by atoms with E-state index >= 15 is 0 Å². The van der Waals surface area contributed by atoms with Crippen molar-refractivity contribution in [3.63, 3.8) is 0 Å². The largest absolute Gasteiger partial charge is 0.362 e. The fourth-order valence-corrected chi connectivity index (χ4v) is 25.2. The molecule has 582 valence electrons. The summed E-state index contributed by atoms with van der Waals surface area (Å²) in [5.74, 6) is 3.23. The van der Waals surface area contributed by atoms with E-state index in [1.807, 2.05) is 165 Å². The molecule has 0 amide bonds. The standard InChI is InChI=1S/C16H15N3O.C16H15N3S.C15H13N3O.C15H13N3S.C14H13FN2S.C14H13N3O3/c2*17-9-12-3-4-14-13(8-12)2-1-5-16(14)15-10-18-11-19(15)6-7-20-16;2*16-8-11-1-2-13-12(7-11)3-4-15(13)14-9-17-10-18(14)5-6-19-15;15-11-1-2-12-10(7-11)3-4-14(12)13-8-16-9-17(13)5-6-18-14;18-17(19)11-1-2-12-10(7-11)3-4-14(12)13-8-15-9-16(13)5-6-20-14/h2*3-4,8,10-11H,1-2,5-7H2;2*1-2,7,9-10H,3-6H2;1-2,7-9H,3-6H2;1-2,7-9H,3-6H2. The Labute approximate surface area is 683 Å². The second-order valence-corrected chi connectivity index (χ2v) is 35.6. The first-order chi connectivity index (χ1) is 56.8. The molecule has 12 aliphatic rings. The molecule has 0 N–H and O–H groups in total. The molecule has 6 spiro atoms. The summed E-state index contributed by atoms with van der Waals surface area (Å²) < 4.78 is 45.3. The van der Waals surface area contributed by atoms with E-state index in [1.54, 1.807) is 24.3 Å². The van der Waals surface area contributed by atoms with Gasteiger partial charge >= 0.3 is 0 Å². The van der Waals surface area contributed by atoms with Crippen molar-refractivity contribution in [2.75, 3.05) is 37.1 Å². The number of nitro benzene ring substituents is 1. The monoisotopic (exact) mass is 1600 g/mol. The number of rotatable bonds is 1. The van der Waals surface area contributed by atoms with Crippen LogP contribution in [0, 0.1) is 61.3 Å². The van der Waals surface area contributed by atoms with Gasteiger partial charge in [0.05, 0.1) is 176 Å². The predicted octanol–water partition coefficient (Wildman–Crippen LogP) is 15.1. The van der Waals surface area contributed by atoms with Crippen molar-refractivity contribution in [3.05, 3.63) is 323 Å². The number of halogens is 1. The maximum atomic E-state index is 13.3. The topological polar surface area (TPSA) is 273 Å². The fraction of sp³-hybridized carbons (Fsp3) is 0.356. The summed E-state index contributed by atoms with van der Waals surface area (Å²) in [5.41, 5.74) is 24.1. The van der Waals surface area contributed by atoms with Crippen LogP contribution in [0.5, 0.6) is 0 Å². The van der Waals surface area contributed by atoms with Crippen LogP contribution in [0.3, 0.4) is 0 Å². The Morgan fingerprint density at radius 3 is 1.09 bits per heavy atom. The molecular weight excluding hydrogens is 1510 g/mol. The first-order valence-corrected chi connectivity index (χ1v) is 42.9. The normalized spacial score (nSPS) is 24.1. The van der Waals surface area contributed by atoms with Crippen molar-refractivity contribution in [3.8, 4) is 24.3 Å². The zero-order valence-electron chi connectivity index (χ0n) is 64.0. The summed E-state index contributed by atoms with van der Waals surface area (Å²) in [4.78, 5) is 36.3. The Hall–Kier alpha value is -11.2. The highest BCUT2D eigenvalue weighted by molar-refractivity contribution is 8.01. The summed E-state index contributed by atoms with van der Waals surface area (Å²) >= 11 is 6.06. The summed E-state index contributed by atoms with van der Waals surface area (Å²) in [7, 11) is 0. The number of imidazole rings is 6. The first kappa shape index (κ1) is 74.9. The Kier molecular flexibility index (Phi) is 19.7. The van der Waals surface area contributed by atoms with Gasteiger partial charge in [-0.15, -0.1) is 35.3 Å². The summed E-state index contributed by atoms with van der Waals surface area (Å²) in [6, 6.07) is 43.5. The Bertz CT molecular complexity index is 5780. The van der Waals surface area contributed by atoms with E-state index in [0.29, 0.717) is 19.8 Å². The number of ether oxygens (including phenoxy) is 3. The number of nitrogens with zero attached hydrogens (tertiary/aromatic N) is 17. The SMILES string of the molecule is Fc1ccc2c(c1)CCC21SCCn2cncc21.N#Cc1ccc2c(c1)CCC21OCCn2cncc21.N#Cc1ccc2c(c1)CCC21SCCn2cncc21.N#Cc1ccc2c(c1)CCCC21OCCn2cncc21.N#Cc1ccc2c(c1)CCCC21SCCn2cncc21.O=[N+]([O-])c1ccc2c(c1)CCC21OCCn2cncc21. The second-order valence-electron chi connectivity index (χ2n) is 31.4. The van der Waals surface area contributed by atoms with Crippen molar-refractivity contribution in [2.45, 2.75) is 160 Å². The molecule has 0 saturated carbocycles. The molecule has 116 heavy (non-hydrogen) atoms. The zero-order chi connectivity index (χ0) is 78.8. The van der Waals surface area contributed by atoms with Gasteiger partial charge in [0, 0.05) is 87.3 Å². The number of nitriles is 4. The highest BCUT2D eigenvalue weighted by atomic mass is 32.2. The lowest BCUT2D eigenvalue weighted by Crippen LogP contribution is -2.41. The quantitative estimate of drug-likeness (QED) is 0.109. The van der Waals surface area contributed by atoms with Crippen LogP contribution in [-0.4, -0.2) is 99.3 Å². The van der Waals surface area contributed by atoms with Gasteiger partial charge in [-0.1, -0.05) is 30.3 Å². The van der Waals surface area contributed by atoms with Crippen LogP contribution in [0.1, 0.15) is 175 Å². The van der Waals surface area contributed by atoms with Crippen LogP contribution < -0.4 is 0 Å². The molecule has 6 unspecified atom stereocenters. The van der Waals surface area contributed by atoms with Crippen LogP contribution in [0.25, 0.3) is 0 Å². The minimum atomic E-state index is -0.473. The number of non-ortho nitro benzene ring substituents is 1. The Balaban J connectivity index is 0.0000000929. The molecule has 26 heteroatoms. The number of thioether (sulfide) groups is 3. The maximum Gasteiger partial charge on any atom is 0.269 e. The van der Waals surface area contributed by atoms with E-state index in [-0.39, 0.29) is 41.9 Å². The molecule has 0 bridgehead atoms. The lowest BCUT2D eigenvalue weighted by molar-refractivity contribution is -0.384. The van der Waals surface area contributed by atoms with E-state index in [1.165, 1.54) is 80.0 Å². The molecule has 0 radical (unpaired) electrons. The Morgan fingerprint density at radius 1 is 0.362 bits per heavy atom. The van der Waals surface area contributed by atoms with Crippen molar-refractivity contribution >= 4 is 41.0 Å².